The molecule has 2 aliphatic heterocycles. The van der Waals surface area contributed by atoms with Crippen LogP contribution in [0.15, 0.2) is 51.0 Å². The smallest absolute Gasteiger partial charge is 0.341 e. The van der Waals surface area contributed by atoms with Crippen LogP contribution in [0.4, 0.5) is 0 Å². The van der Waals surface area contributed by atoms with E-state index in [4.69, 9.17) is 19.6 Å². The van der Waals surface area contributed by atoms with E-state index in [0.29, 0.717) is 38.5 Å². The lowest BCUT2D eigenvalue weighted by Crippen LogP contribution is -2.50. The molecule has 0 saturated carbocycles. The molecule has 9 nitrogen and oxygen atoms in total. The number of hydrogen-bond acceptors (Lipinski definition) is 8. The molecule has 0 aliphatic carbocycles. The fourth-order valence-electron chi connectivity index (χ4n) is 3.26. The quantitative estimate of drug-likeness (QED) is 0.632. The first-order valence-electron chi connectivity index (χ1n) is 9.04. The molecule has 2 aromatic carbocycles. The number of ether oxygens (including phenoxy) is 2. The van der Waals surface area contributed by atoms with Crippen LogP contribution in [0.1, 0.15) is 11.7 Å². The van der Waals surface area contributed by atoms with Gasteiger partial charge in [-0.15, -0.1) is 5.10 Å². The fourth-order valence-corrected chi connectivity index (χ4v) is 3.99. The Balaban J connectivity index is 1.86. The molecule has 0 aromatic heterocycles. The SMILES string of the molecule is COc1cc(C2N=c3ccc(Br)cc3=C3C(=O)NC(SC)=NN32)ccc1OCC(=O)O. The van der Waals surface area contributed by atoms with E-state index in [1.165, 1.54) is 18.9 Å². The van der Waals surface area contributed by atoms with Crippen molar-refractivity contribution in [3.63, 3.8) is 0 Å². The van der Waals surface area contributed by atoms with Gasteiger partial charge in [0, 0.05) is 15.3 Å². The van der Waals surface area contributed by atoms with Crippen molar-refractivity contribution in [3.05, 3.63) is 57.0 Å². The standard InChI is InChI=1S/C20H17BrN4O5S/c1-29-15-7-10(3-6-14(15)30-9-16(26)27)18-22-13-5-4-11(21)8-12(13)17-19(28)23-20(31-2)24-25(17)18/h3-8,18H,9H2,1-2H3,(H,26,27)(H,23,24,28). The van der Waals surface area contributed by atoms with E-state index in [2.05, 4.69) is 26.3 Å². The average molecular weight is 505 g/mol. The highest BCUT2D eigenvalue weighted by atomic mass is 79.9. The minimum Gasteiger partial charge on any atom is -0.493 e. The summed E-state index contributed by atoms with van der Waals surface area (Å²) < 4.78 is 11.5. The Kier molecular flexibility index (Phi) is 5.88. The molecule has 1 amide bonds. The summed E-state index contributed by atoms with van der Waals surface area (Å²) in [6.07, 6.45) is 1.20. The van der Waals surface area contributed by atoms with Gasteiger partial charge in [0.2, 0.25) is 0 Å². The van der Waals surface area contributed by atoms with E-state index < -0.39 is 18.7 Å². The number of amides is 1. The topological polar surface area (TPSA) is 113 Å². The normalized spacial score (nSPS) is 17.1. The lowest BCUT2D eigenvalue weighted by molar-refractivity contribution is -0.139. The first-order chi connectivity index (χ1) is 14.9. The number of thioether (sulfide) groups is 1. The van der Waals surface area contributed by atoms with Gasteiger partial charge in [-0.05, 0) is 36.6 Å². The number of benzene rings is 2. The van der Waals surface area contributed by atoms with E-state index in [9.17, 15) is 9.59 Å². The molecule has 4 rings (SSSR count). The zero-order chi connectivity index (χ0) is 22.1. The van der Waals surface area contributed by atoms with E-state index in [0.717, 1.165) is 4.47 Å². The van der Waals surface area contributed by atoms with Crippen LogP contribution in [0.3, 0.4) is 0 Å². The van der Waals surface area contributed by atoms with Crippen LogP contribution >= 0.6 is 27.7 Å². The number of aliphatic carboxylic acids is 1. The van der Waals surface area contributed by atoms with E-state index >= 15 is 0 Å². The molecular formula is C20H17BrN4O5S. The number of carbonyl (C=O) groups is 2. The zero-order valence-corrected chi connectivity index (χ0v) is 18.9. The maximum absolute atomic E-state index is 12.9. The molecule has 31 heavy (non-hydrogen) atoms. The third-order valence-corrected chi connectivity index (χ3v) is 5.66. The summed E-state index contributed by atoms with van der Waals surface area (Å²) in [6, 6.07) is 10.6. The van der Waals surface area contributed by atoms with E-state index in [1.54, 1.807) is 23.2 Å². The molecule has 2 aromatic rings. The molecule has 11 heteroatoms. The molecule has 0 fully saturated rings. The number of hydrogen-bond donors (Lipinski definition) is 2. The van der Waals surface area contributed by atoms with Crippen LogP contribution < -0.4 is 25.4 Å². The van der Waals surface area contributed by atoms with Gasteiger partial charge in [-0.3, -0.25) is 15.1 Å². The van der Waals surface area contributed by atoms with E-state index in [-0.39, 0.29) is 5.91 Å². The molecule has 0 spiro atoms. The lowest BCUT2D eigenvalue weighted by Gasteiger charge is -2.34. The number of methoxy groups -OCH3 is 1. The minimum absolute atomic E-state index is 0.271. The largest absolute Gasteiger partial charge is 0.493 e. The summed E-state index contributed by atoms with van der Waals surface area (Å²) in [7, 11) is 1.47. The minimum atomic E-state index is -1.09. The zero-order valence-electron chi connectivity index (χ0n) is 16.5. The number of nitrogens with zero attached hydrogens (tertiary/aromatic N) is 3. The first kappa shape index (κ1) is 21.2. The molecular weight excluding hydrogens is 488 g/mol. The van der Waals surface area contributed by atoms with Crippen molar-refractivity contribution in [2.24, 2.45) is 10.1 Å². The van der Waals surface area contributed by atoms with Crippen molar-refractivity contribution in [1.29, 1.82) is 0 Å². The lowest BCUT2D eigenvalue weighted by atomic mass is 10.1. The van der Waals surface area contributed by atoms with Crippen molar-refractivity contribution >= 4 is 50.4 Å². The van der Waals surface area contributed by atoms with Crippen molar-refractivity contribution in [2.75, 3.05) is 20.0 Å². The molecule has 2 heterocycles. The van der Waals surface area contributed by atoms with Crippen LogP contribution in [0.5, 0.6) is 11.5 Å². The van der Waals surface area contributed by atoms with Crippen molar-refractivity contribution in [3.8, 4) is 11.5 Å². The third-order valence-electron chi connectivity index (χ3n) is 4.60. The molecule has 0 saturated heterocycles. The van der Waals surface area contributed by atoms with Gasteiger partial charge < -0.3 is 14.6 Å². The van der Waals surface area contributed by atoms with Crippen LogP contribution in [0, 0.1) is 0 Å². The Morgan fingerprint density at radius 1 is 1.29 bits per heavy atom. The Morgan fingerprint density at radius 2 is 2.10 bits per heavy atom. The van der Waals surface area contributed by atoms with E-state index in [1.807, 2.05) is 24.5 Å². The maximum Gasteiger partial charge on any atom is 0.341 e. The van der Waals surface area contributed by atoms with Gasteiger partial charge in [-0.1, -0.05) is 33.8 Å². The molecule has 2 aliphatic rings. The first-order valence-corrected chi connectivity index (χ1v) is 11.1. The number of amidine groups is 1. The number of halogens is 1. The maximum atomic E-state index is 12.9. The Morgan fingerprint density at radius 3 is 2.81 bits per heavy atom. The highest BCUT2D eigenvalue weighted by Crippen LogP contribution is 2.36. The predicted octanol–water partition coefficient (Wildman–Crippen LogP) is 1.43. The number of hydrazone groups is 1. The summed E-state index contributed by atoms with van der Waals surface area (Å²) >= 11 is 4.76. The number of carbonyl (C=O) groups excluding carboxylic acids is 1. The summed E-state index contributed by atoms with van der Waals surface area (Å²) in [5.74, 6) is -0.712. The third kappa shape index (κ3) is 4.10. The molecule has 2 N–H and O–H groups in total. The summed E-state index contributed by atoms with van der Waals surface area (Å²) in [5.41, 5.74) is 1.09. The van der Waals surface area contributed by atoms with Crippen LogP contribution in [0.25, 0.3) is 5.70 Å². The summed E-state index contributed by atoms with van der Waals surface area (Å²) in [4.78, 5) is 28.6. The molecule has 1 atom stereocenters. The number of nitrogens with one attached hydrogen (secondary N) is 1. The number of carboxylic acid groups (broad SMARTS) is 1. The number of carboxylic acids is 1. The number of fused-ring (bicyclic) bond motifs is 2. The van der Waals surface area contributed by atoms with Gasteiger partial charge in [0.15, 0.2) is 29.4 Å². The van der Waals surface area contributed by atoms with Gasteiger partial charge in [0.25, 0.3) is 5.91 Å². The van der Waals surface area contributed by atoms with Gasteiger partial charge in [0.05, 0.1) is 12.5 Å². The Labute approximate surface area is 189 Å². The summed E-state index contributed by atoms with van der Waals surface area (Å²) in [5, 5.41) is 19.6. The Hall–Kier alpha value is -3.05. The molecule has 0 bridgehead atoms. The van der Waals surface area contributed by atoms with Crippen LogP contribution in [-0.4, -0.2) is 47.1 Å². The monoisotopic (exact) mass is 504 g/mol. The molecule has 1 unspecified atom stereocenters. The highest BCUT2D eigenvalue weighted by Gasteiger charge is 2.34. The molecule has 0 radical (unpaired) electrons. The van der Waals surface area contributed by atoms with Crippen LogP contribution in [-0.2, 0) is 9.59 Å². The van der Waals surface area contributed by atoms with Gasteiger partial charge >= 0.3 is 5.97 Å². The average Bonchev–Trinajstić information content (AvgIpc) is 2.76. The Bertz CT molecular complexity index is 1230. The van der Waals surface area contributed by atoms with Crippen LogP contribution in [0.2, 0.25) is 0 Å². The summed E-state index contributed by atoms with van der Waals surface area (Å²) in [6.45, 7) is -0.489. The second kappa shape index (κ2) is 8.60. The fraction of sp³-hybridized carbons (Fsp3) is 0.200. The predicted molar refractivity (Wildman–Crippen MR) is 118 cm³/mol. The second-order valence-electron chi connectivity index (χ2n) is 6.51. The molecule has 160 valence electrons. The second-order valence-corrected chi connectivity index (χ2v) is 8.22. The van der Waals surface area contributed by atoms with Crippen molar-refractivity contribution in [1.82, 2.24) is 10.3 Å². The van der Waals surface area contributed by atoms with Crippen molar-refractivity contribution in [2.45, 2.75) is 6.17 Å². The highest BCUT2D eigenvalue weighted by molar-refractivity contribution is 9.10. The van der Waals surface area contributed by atoms with Gasteiger partial charge in [0.1, 0.15) is 5.70 Å². The van der Waals surface area contributed by atoms with Crippen molar-refractivity contribution < 1.29 is 24.2 Å². The van der Waals surface area contributed by atoms with Gasteiger partial charge in [-0.2, -0.15) is 0 Å². The van der Waals surface area contributed by atoms with Gasteiger partial charge in [-0.25, -0.2) is 9.80 Å². The number of rotatable bonds is 5.